The van der Waals surface area contributed by atoms with E-state index >= 15 is 0 Å². The zero-order valence-electron chi connectivity index (χ0n) is 11.1. The monoisotopic (exact) mass is 233 g/mol. The zero-order valence-corrected chi connectivity index (χ0v) is 11.1. The maximum absolute atomic E-state index is 9.54. The van der Waals surface area contributed by atoms with Crippen LogP contribution in [0.5, 0.6) is 0 Å². The van der Waals surface area contributed by atoms with Crippen LogP contribution in [0, 0.1) is 5.41 Å². The van der Waals surface area contributed by atoms with Crippen LogP contribution in [0.2, 0.25) is 0 Å². The van der Waals surface area contributed by atoms with Crippen molar-refractivity contribution in [3.05, 3.63) is 0 Å². The fourth-order valence-corrected chi connectivity index (χ4v) is 1.36. The Morgan fingerprint density at radius 3 is 2.62 bits per heavy atom. The Kier molecular flexibility index (Phi) is 8.84. The Morgan fingerprint density at radius 2 is 2.06 bits per heavy atom. The van der Waals surface area contributed by atoms with Gasteiger partial charge in [0.2, 0.25) is 0 Å². The molecule has 0 aromatic heterocycles. The van der Waals surface area contributed by atoms with E-state index in [1.165, 1.54) is 0 Å². The maximum atomic E-state index is 9.54. The summed E-state index contributed by atoms with van der Waals surface area (Å²) in [7, 11) is 1.72. The second-order valence-corrected chi connectivity index (χ2v) is 4.85. The smallest absolute Gasteiger partial charge is 0.0897 e. The van der Waals surface area contributed by atoms with E-state index in [1.54, 1.807) is 7.11 Å². The van der Waals surface area contributed by atoms with Crippen LogP contribution in [0.25, 0.3) is 0 Å². The van der Waals surface area contributed by atoms with E-state index in [0.29, 0.717) is 19.8 Å². The lowest BCUT2D eigenvalue weighted by Gasteiger charge is -2.25. The van der Waals surface area contributed by atoms with Gasteiger partial charge < -0.3 is 19.9 Å². The number of ether oxygens (including phenoxy) is 2. The molecule has 0 amide bonds. The van der Waals surface area contributed by atoms with Gasteiger partial charge in [0.1, 0.15) is 0 Å². The van der Waals surface area contributed by atoms with Crippen molar-refractivity contribution in [1.82, 2.24) is 5.32 Å². The van der Waals surface area contributed by atoms with Crippen molar-refractivity contribution in [1.29, 1.82) is 0 Å². The minimum absolute atomic E-state index is 0.196. The molecule has 0 aromatic carbocycles. The van der Waals surface area contributed by atoms with Crippen LogP contribution < -0.4 is 5.32 Å². The fourth-order valence-electron chi connectivity index (χ4n) is 1.36. The van der Waals surface area contributed by atoms with E-state index < -0.39 is 6.10 Å². The number of methoxy groups -OCH3 is 1. The Hall–Kier alpha value is -0.160. The van der Waals surface area contributed by atoms with E-state index in [9.17, 15) is 5.11 Å². The lowest BCUT2D eigenvalue weighted by Crippen LogP contribution is -2.37. The largest absolute Gasteiger partial charge is 0.389 e. The van der Waals surface area contributed by atoms with Gasteiger partial charge in [0.15, 0.2) is 0 Å². The molecular weight excluding hydrogens is 206 g/mol. The molecule has 0 saturated carbocycles. The molecule has 0 aliphatic heterocycles. The summed E-state index contributed by atoms with van der Waals surface area (Å²) in [5, 5.41) is 12.8. The fraction of sp³-hybridized carbons (Fsp3) is 1.00. The number of aliphatic hydroxyl groups excluding tert-OH is 1. The van der Waals surface area contributed by atoms with E-state index in [1.807, 2.05) is 6.92 Å². The summed E-state index contributed by atoms with van der Waals surface area (Å²) in [6, 6.07) is 0. The number of rotatable bonds is 10. The molecule has 1 atom stereocenters. The van der Waals surface area contributed by atoms with Crippen LogP contribution in [0.15, 0.2) is 0 Å². The van der Waals surface area contributed by atoms with E-state index in [0.717, 1.165) is 19.6 Å². The van der Waals surface area contributed by atoms with Crippen molar-refractivity contribution in [3.8, 4) is 0 Å². The quantitative estimate of drug-likeness (QED) is 0.592. The van der Waals surface area contributed by atoms with Crippen LogP contribution in [0.4, 0.5) is 0 Å². The molecule has 0 radical (unpaired) electrons. The van der Waals surface area contributed by atoms with Crippen molar-refractivity contribution in [2.45, 2.75) is 33.3 Å². The molecule has 0 aliphatic rings. The van der Waals surface area contributed by atoms with E-state index in [4.69, 9.17) is 9.47 Å². The molecule has 16 heavy (non-hydrogen) atoms. The lowest BCUT2D eigenvalue weighted by molar-refractivity contribution is 0.0411. The third-order valence-corrected chi connectivity index (χ3v) is 2.48. The Morgan fingerprint density at radius 1 is 1.38 bits per heavy atom. The second kappa shape index (κ2) is 8.93. The molecule has 2 N–H and O–H groups in total. The van der Waals surface area contributed by atoms with Gasteiger partial charge in [-0.2, -0.15) is 0 Å². The maximum Gasteiger partial charge on any atom is 0.0897 e. The van der Waals surface area contributed by atoms with Crippen molar-refractivity contribution in [2.75, 3.05) is 40.0 Å². The number of hydrogen-bond acceptors (Lipinski definition) is 4. The highest BCUT2D eigenvalue weighted by molar-refractivity contribution is 4.72. The van der Waals surface area contributed by atoms with Crippen LogP contribution in [-0.4, -0.2) is 51.2 Å². The lowest BCUT2D eigenvalue weighted by atomic mass is 9.90. The summed E-state index contributed by atoms with van der Waals surface area (Å²) in [5.74, 6) is 0. The SMILES string of the molecule is CCOCC(O)CNCC(C)(C)CCOC. The molecule has 0 bridgehead atoms. The average Bonchev–Trinajstić information content (AvgIpc) is 2.23. The molecule has 4 nitrogen and oxygen atoms in total. The number of nitrogens with one attached hydrogen (secondary N) is 1. The number of aliphatic hydroxyl groups is 1. The van der Waals surface area contributed by atoms with Crippen LogP contribution in [0.3, 0.4) is 0 Å². The van der Waals surface area contributed by atoms with Crippen LogP contribution >= 0.6 is 0 Å². The highest BCUT2D eigenvalue weighted by Crippen LogP contribution is 2.18. The summed E-state index contributed by atoms with van der Waals surface area (Å²) >= 11 is 0. The third-order valence-electron chi connectivity index (χ3n) is 2.48. The van der Waals surface area contributed by atoms with E-state index in [-0.39, 0.29) is 5.41 Å². The highest BCUT2D eigenvalue weighted by atomic mass is 16.5. The van der Waals surface area contributed by atoms with Gasteiger partial charge in [0.25, 0.3) is 0 Å². The van der Waals surface area contributed by atoms with Crippen LogP contribution in [0.1, 0.15) is 27.2 Å². The van der Waals surface area contributed by atoms with Gasteiger partial charge in [-0.15, -0.1) is 0 Å². The van der Waals surface area contributed by atoms with Crippen molar-refractivity contribution >= 4 is 0 Å². The van der Waals surface area contributed by atoms with Gasteiger partial charge in [-0.1, -0.05) is 13.8 Å². The molecular formula is C12H27NO3. The minimum atomic E-state index is -0.418. The summed E-state index contributed by atoms with van der Waals surface area (Å²) in [5.41, 5.74) is 0.196. The normalized spacial score (nSPS) is 14.1. The molecule has 4 heteroatoms. The van der Waals surface area contributed by atoms with Crippen molar-refractivity contribution in [3.63, 3.8) is 0 Å². The van der Waals surface area contributed by atoms with Gasteiger partial charge in [0, 0.05) is 33.4 Å². The average molecular weight is 233 g/mol. The Labute approximate surface area is 99.3 Å². The molecule has 0 rings (SSSR count). The Bertz CT molecular complexity index is 162. The minimum Gasteiger partial charge on any atom is -0.389 e. The first-order valence-corrected chi connectivity index (χ1v) is 5.97. The first-order valence-electron chi connectivity index (χ1n) is 5.97. The topological polar surface area (TPSA) is 50.7 Å². The van der Waals surface area contributed by atoms with Gasteiger partial charge in [0.05, 0.1) is 12.7 Å². The molecule has 98 valence electrons. The number of hydrogen-bond donors (Lipinski definition) is 2. The molecule has 0 aromatic rings. The summed E-state index contributed by atoms with van der Waals surface area (Å²) in [4.78, 5) is 0. The van der Waals surface area contributed by atoms with Gasteiger partial charge in [-0.3, -0.25) is 0 Å². The van der Waals surface area contributed by atoms with Crippen molar-refractivity contribution < 1.29 is 14.6 Å². The molecule has 0 spiro atoms. The molecule has 1 unspecified atom stereocenters. The van der Waals surface area contributed by atoms with Gasteiger partial charge in [-0.05, 0) is 18.8 Å². The van der Waals surface area contributed by atoms with Gasteiger partial charge in [-0.25, -0.2) is 0 Å². The molecule has 0 aliphatic carbocycles. The summed E-state index contributed by atoms with van der Waals surface area (Å²) < 4.78 is 10.2. The molecule has 0 fully saturated rings. The molecule has 0 heterocycles. The summed E-state index contributed by atoms with van der Waals surface area (Å²) in [6.07, 6.45) is 0.594. The van der Waals surface area contributed by atoms with Gasteiger partial charge >= 0.3 is 0 Å². The van der Waals surface area contributed by atoms with Crippen molar-refractivity contribution in [2.24, 2.45) is 5.41 Å². The Balaban J connectivity index is 3.54. The first kappa shape index (κ1) is 15.8. The summed E-state index contributed by atoms with van der Waals surface area (Å²) in [6.45, 7) is 9.58. The third kappa shape index (κ3) is 9.09. The predicted molar refractivity (Wildman–Crippen MR) is 65.6 cm³/mol. The highest BCUT2D eigenvalue weighted by Gasteiger charge is 2.17. The first-order chi connectivity index (χ1) is 7.52. The zero-order chi connectivity index (χ0) is 12.4. The standard InChI is InChI=1S/C12H27NO3/c1-5-16-9-11(14)8-13-10-12(2,3)6-7-15-4/h11,13-14H,5-10H2,1-4H3. The predicted octanol–water partition coefficient (Wildman–Crippen LogP) is 1.04. The van der Waals surface area contributed by atoms with E-state index in [2.05, 4.69) is 19.2 Å². The molecule has 0 saturated heterocycles. The van der Waals surface area contributed by atoms with Crippen LogP contribution in [-0.2, 0) is 9.47 Å². The second-order valence-electron chi connectivity index (χ2n) is 4.85.